The number of hydrogen-bond acceptors (Lipinski definition) is 2. The van der Waals surface area contributed by atoms with Crippen LogP contribution in [-0.4, -0.2) is 21.8 Å². The lowest BCUT2D eigenvalue weighted by molar-refractivity contribution is 0.0695. The smallest absolute Gasteiger partial charge is 0.336 e. The molecule has 2 N–H and O–H groups in total. The highest BCUT2D eigenvalue weighted by Crippen LogP contribution is 2.32. The predicted molar refractivity (Wildman–Crippen MR) is 112 cm³/mol. The molecule has 0 amide bonds. The van der Waals surface area contributed by atoms with Gasteiger partial charge in [0.25, 0.3) is 0 Å². The molecule has 2 aromatic carbocycles. The van der Waals surface area contributed by atoms with Crippen molar-refractivity contribution in [2.75, 3.05) is 0 Å². The van der Waals surface area contributed by atoms with Crippen molar-refractivity contribution in [2.45, 2.75) is 52.9 Å². The van der Waals surface area contributed by atoms with Crippen LogP contribution in [0.4, 0.5) is 0 Å². The van der Waals surface area contributed by atoms with Crippen LogP contribution in [0.3, 0.4) is 0 Å². The number of carbonyl (C=O) groups excluding carboxylic acids is 1. The number of unbranched alkanes of at least 4 members (excludes halogenated alkanes) is 1. The molecule has 4 nitrogen and oxygen atoms in total. The van der Waals surface area contributed by atoms with Gasteiger partial charge in [0.2, 0.25) is 0 Å². The predicted octanol–water partition coefficient (Wildman–Crippen LogP) is 5.64. The van der Waals surface area contributed by atoms with E-state index in [0.717, 1.165) is 41.3 Å². The van der Waals surface area contributed by atoms with Crippen molar-refractivity contribution in [3.8, 4) is 0 Å². The molecule has 3 rings (SSSR count). The van der Waals surface area contributed by atoms with Gasteiger partial charge in [-0.1, -0.05) is 43.7 Å². The first-order chi connectivity index (χ1) is 13.4. The molecule has 1 aromatic heterocycles. The number of aromatic nitrogens is 1. The van der Waals surface area contributed by atoms with Crippen LogP contribution in [0.25, 0.3) is 10.9 Å². The Morgan fingerprint density at radius 3 is 2.43 bits per heavy atom. The Balaban J connectivity index is 2.13. The second-order valence-corrected chi connectivity index (χ2v) is 7.41. The average molecular weight is 377 g/mol. The maximum absolute atomic E-state index is 12.9. The van der Waals surface area contributed by atoms with Crippen LogP contribution in [0.15, 0.2) is 36.4 Å². The molecule has 0 atom stereocenters. The number of H-pyrrole nitrogens is 1. The maximum atomic E-state index is 12.9. The number of fused-ring (bicyclic) bond motifs is 1. The number of Topliss-reactive ketones (excluding diaryl/α,β-unsaturated/α-hetero) is 1. The third kappa shape index (κ3) is 3.86. The molecule has 0 spiro atoms. The van der Waals surface area contributed by atoms with E-state index in [4.69, 9.17) is 0 Å². The first-order valence-corrected chi connectivity index (χ1v) is 9.89. The van der Waals surface area contributed by atoms with Gasteiger partial charge in [-0.05, 0) is 61.4 Å². The molecule has 3 aromatic rings. The molecular formula is C24H27NO3. The monoisotopic (exact) mass is 377 g/mol. The molecule has 0 saturated carbocycles. The van der Waals surface area contributed by atoms with Gasteiger partial charge in [-0.3, -0.25) is 4.79 Å². The number of aromatic amines is 1. The molecule has 146 valence electrons. The summed E-state index contributed by atoms with van der Waals surface area (Å²) in [5.41, 5.74) is 5.41. The van der Waals surface area contributed by atoms with E-state index in [2.05, 4.69) is 24.0 Å². The van der Waals surface area contributed by atoms with Crippen molar-refractivity contribution in [3.05, 3.63) is 69.9 Å². The van der Waals surface area contributed by atoms with Crippen molar-refractivity contribution in [1.29, 1.82) is 0 Å². The molecule has 4 heteroatoms. The van der Waals surface area contributed by atoms with Crippen LogP contribution in [0.2, 0.25) is 0 Å². The Bertz CT molecular complexity index is 1020. The minimum absolute atomic E-state index is 0.107. The van der Waals surface area contributed by atoms with Crippen molar-refractivity contribution >= 4 is 22.7 Å². The van der Waals surface area contributed by atoms with Gasteiger partial charge in [-0.2, -0.15) is 0 Å². The normalized spacial score (nSPS) is 11.1. The van der Waals surface area contributed by atoms with Gasteiger partial charge in [-0.25, -0.2) is 4.79 Å². The van der Waals surface area contributed by atoms with Crippen LogP contribution in [0.1, 0.15) is 69.3 Å². The van der Waals surface area contributed by atoms with Crippen molar-refractivity contribution in [2.24, 2.45) is 0 Å². The summed E-state index contributed by atoms with van der Waals surface area (Å²) in [7, 11) is 0. The fraction of sp³-hybridized carbons (Fsp3) is 0.333. The molecule has 1 heterocycles. The quantitative estimate of drug-likeness (QED) is 0.499. The van der Waals surface area contributed by atoms with E-state index in [1.807, 2.05) is 31.2 Å². The summed E-state index contributed by atoms with van der Waals surface area (Å²) in [4.78, 5) is 28.0. The van der Waals surface area contributed by atoms with Crippen LogP contribution in [-0.2, 0) is 12.8 Å². The standard InChI is InChI=1S/C24H27NO3/c1-4-5-11-20(26)23-18(13-12-17-9-7-6-8-10-17)22-16(3)21(24(27)28)15(2)14-19(22)25-23/h6-10,14,25H,4-5,11-13H2,1-3H3,(H,27,28). The van der Waals surface area contributed by atoms with E-state index < -0.39 is 5.97 Å². The summed E-state index contributed by atoms with van der Waals surface area (Å²) in [6, 6.07) is 12.0. The lowest BCUT2D eigenvalue weighted by Gasteiger charge is -2.10. The molecule has 0 aliphatic heterocycles. The number of nitrogens with one attached hydrogen (secondary N) is 1. The van der Waals surface area contributed by atoms with E-state index in [0.29, 0.717) is 29.7 Å². The first kappa shape index (κ1) is 19.9. The fourth-order valence-electron chi connectivity index (χ4n) is 4.00. The van der Waals surface area contributed by atoms with Gasteiger partial charge in [0, 0.05) is 17.3 Å². The SMILES string of the molecule is CCCCC(=O)c1[nH]c2cc(C)c(C(=O)O)c(C)c2c1CCc1ccccc1. The highest BCUT2D eigenvalue weighted by molar-refractivity contribution is 6.06. The third-order valence-corrected chi connectivity index (χ3v) is 5.39. The minimum atomic E-state index is -0.925. The summed E-state index contributed by atoms with van der Waals surface area (Å²) in [5.74, 6) is -0.819. The number of hydrogen-bond donors (Lipinski definition) is 2. The van der Waals surface area contributed by atoms with E-state index in [9.17, 15) is 14.7 Å². The zero-order chi connectivity index (χ0) is 20.3. The van der Waals surface area contributed by atoms with Gasteiger partial charge < -0.3 is 10.1 Å². The Kier molecular flexibility index (Phi) is 5.98. The summed E-state index contributed by atoms with van der Waals surface area (Å²) in [5, 5.41) is 10.5. The van der Waals surface area contributed by atoms with Gasteiger partial charge in [0.05, 0.1) is 11.3 Å². The molecule has 0 unspecified atom stereocenters. The average Bonchev–Trinajstić information content (AvgIpc) is 3.03. The topological polar surface area (TPSA) is 70.2 Å². The van der Waals surface area contributed by atoms with Crippen molar-refractivity contribution in [1.82, 2.24) is 4.98 Å². The largest absolute Gasteiger partial charge is 0.478 e. The number of carboxylic acid groups (broad SMARTS) is 1. The maximum Gasteiger partial charge on any atom is 0.336 e. The second-order valence-electron chi connectivity index (χ2n) is 7.41. The van der Waals surface area contributed by atoms with E-state index >= 15 is 0 Å². The minimum Gasteiger partial charge on any atom is -0.478 e. The molecule has 0 bridgehead atoms. The summed E-state index contributed by atoms with van der Waals surface area (Å²) >= 11 is 0. The molecule has 0 saturated heterocycles. The molecule has 28 heavy (non-hydrogen) atoms. The Labute approximate surface area is 165 Å². The Morgan fingerprint density at radius 1 is 1.07 bits per heavy atom. The number of benzene rings is 2. The summed E-state index contributed by atoms with van der Waals surface area (Å²) < 4.78 is 0. The Morgan fingerprint density at radius 2 is 1.79 bits per heavy atom. The number of aryl methyl sites for hydroxylation is 4. The van der Waals surface area contributed by atoms with Gasteiger partial charge in [0.15, 0.2) is 5.78 Å². The van der Waals surface area contributed by atoms with Gasteiger partial charge in [-0.15, -0.1) is 0 Å². The lowest BCUT2D eigenvalue weighted by atomic mass is 9.93. The van der Waals surface area contributed by atoms with Crippen LogP contribution in [0.5, 0.6) is 0 Å². The first-order valence-electron chi connectivity index (χ1n) is 9.89. The molecule has 0 aliphatic carbocycles. The zero-order valence-electron chi connectivity index (χ0n) is 16.8. The molecule has 0 aliphatic rings. The molecule has 0 radical (unpaired) electrons. The second kappa shape index (κ2) is 8.42. The van der Waals surface area contributed by atoms with E-state index in [-0.39, 0.29) is 5.78 Å². The highest BCUT2D eigenvalue weighted by Gasteiger charge is 2.22. The number of ketones is 1. The van der Waals surface area contributed by atoms with Crippen LogP contribution < -0.4 is 0 Å². The number of aromatic carboxylic acids is 1. The number of carbonyl (C=O) groups is 2. The third-order valence-electron chi connectivity index (χ3n) is 5.39. The molecule has 0 fully saturated rings. The van der Waals surface area contributed by atoms with Crippen molar-refractivity contribution in [3.63, 3.8) is 0 Å². The lowest BCUT2D eigenvalue weighted by Crippen LogP contribution is -2.06. The van der Waals surface area contributed by atoms with E-state index in [1.54, 1.807) is 6.92 Å². The number of rotatable bonds is 8. The summed E-state index contributed by atoms with van der Waals surface area (Å²) in [6.45, 7) is 5.72. The Hall–Kier alpha value is -2.88. The molecular weight excluding hydrogens is 350 g/mol. The number of carboxylic acids is 1. The van der Waals surface area contributed by atoms with E-state index in [1.165, 1.54) is 5.56 Å². The van der Waals surface area contributed by atoms with Crippen molar-refractivity contribution < 1.29 is 14.7 Å². The van der Waals surface area contributed by atoms with Crippen LogP contribution >= 0.6 is 0 Å². The van der Waals surface area contributed by atoms with Gasteiger partial charge >= 0.3 is 5.97 Å². The fourth-order valence-corrected chi connectivity index (χ4v) is 4.00. The van der Waals surface area contributed by atoms with Crippen LogP contribution in [0, 0.1) is 13.8 Å². The van der Waals surface area contributed by atoms with Gasteiger partial charge in [0.1, 0.15) is 0 Å². The summed E-state index contributed by atoms with van der Waals surface area (Å²) in [6.07, 6.45) is 3.82. The zero-order valence-corrected chi connectivity index (χ0v) is 16.8. The highest BCUT2D eigenvalue weighted by atomic mass is 16.4.